The molecule has 0 bridgehead atoms. The molecule has 0 saturated carbocycles. The van der Waals surface area contributed by atoms with Crippen LogP contribution in [0.5, 0.6) is 5.75 Å². The molecule has 112 valence electrons. The summed E-state index contributed by atoms with van der Waals surface area (Å²) in [7, 11) is 5.50. The number of hydrogen-bond acceptors (Lipinski definition) is 5. The molecule has 0 radical (unpaired) electrons. The lowest BCUT2D eigenvalue weighted by atomic mass is 10.1. The summed E-state index contributed by atoms with van der Waals surface area (Å²) in [6.07, 6.45) is 3.25. The Morgan fingerprint density at radius 1 is 1.43 bits per heavy atom. The van der Waals surface area contributed by atoms with E-state index < -0.39 is 0 Å². The topological polar surface area (TPSA) is 60.2 Å². The Balaban J connectivity index is 2.39. The monoisotopic (exact) mass is 288 g/mol. The third-order valence-corrected chi connectivity index (χ3v) is 3.25. The molecule has 0 atom stereocenters. The molecule has 0 aromatic carbocycles. The first-order valence-electron chi connectivity index (χ1n) is 6.75. The van der Waals surface area contributed by atoms with E-state index in [1.165, 1.54) is 0 Å². The number of carbonyl (C=O) groups is 1. The number of rotatable bonds is 6. The fourth-order valence-corrected chi connectivity index (χ4v) is 2.06. The second-order valence-corrected chi connectivity index (χ2v) is 5.05. The van der Waals surface area contributed by atoms with E-state index in [2.05, 4.69) is 10.1 Å². The van der Waals surface area contributed by atoms with Crippen LogP contribution in [0.15, 0.2) is 24.5 Å². The van der Waals surface area contributed by atoms with Crippen molar-refractivity contribution in [1.29, 1.82) is 0 Å². The van der Waals surface area contributed by atoms with E-state index >= 15 is 0 Å². The highest BCUT2D eigenvalue weighted by molar-refractivity contribution is 6.10. The largest absolute Gasteiger partial charge is 0.493 e. The van der Waals surface area contributed by atoms with E-state index in [-0.39, 0.29) is 5.78 Å². The maximum absolute atomic E-state index is 12.8. The minimum absolute atomic E-state index is 0.117. The Bertz CT molecular complexity index is 634. The molecule has 0 aliphatic carbocycles. The number of ether oxygens (including phenoxy) is 1. The van der Waals surface area contributed by atoms with Gasteiger partial charge in [-0.3, -0.25) is 14.5 Å². The Morgan fingerprint density at radius 3 is 2.81 bits per heavy atom. The second-order valence-electron chi connectivity index (χ2n) is 5.05. The first-order chi connectivity index (χ1) is 10.0. The van der Waals surface area contributed by atoms with Crippen LogP contribution >= 0.6 is 0 Å². The van der Waals surface area contributed by atoms with Gasteiger partial charge in [0.1, 0.15) is 0 Å². The molecule has 0 fully saturated rings. The van der Waals surface area contributed by atoms with Crippen molar-refractivity contribution < 1.29 is 9.53 Å². The summed E-state index contributed by atoms with van der Waals surface area (Å²) >= 11 is 0. The first-order valence-corrected chi connectivity index (χ1v) is 6.75. The van der Waals surface area contributed by atoms with Gasteiger partial charge in [-0.1, -0.05) is 0 Å². The lowest BCUT2D eigenvalue weighted by molar-refractivity contribution is 0.102. The molecule has 6 nitrogen and oxygen atoms in total. The fourth-order valence-electron chi connectivity index (χ4n) is 2.06. The van der Waals surface area contributed by atoms with Crippen molar-refractivity contribution in [3.8, 4) is 5.75 Å². The number of methoxy groups -OCH3 is 1. The lowest BCUT2D eigenvalue weighted by Gasteiger charge is -2.12. The molecule has 0 aliphatic rings. The first kappa shape index (κ1) is 15.2. The van der Waals surface area contributed by atoms with Gasteiger partial charge in [-0.15, -0.1) is 0 Å². The minimum atomic E-state index is -0.117. The summed E-state index contributed by atoms with van der Waals surface area (Å²) < 4.78 is 6.97. The molecule has 0 aliphatic heterocycles. The standard InChI is InChI=1S/C15H20N4O2/c1-11-12(6-5-7-16-11)15(20)14-13(21-4)10-17-19(14)9-8-18(2)3/h5-7,10H,8-9H2,1-4H3. The average Bonchev–Trinajstić information content (AvgIpc) is 2.87. The Hall–Kier alpha value is -2.21. The molecule has 2 rings (SSSR count). The van der Waals surface area contributed by atoms with Gasteiger partial charge in [0.25, 0.3) is 0 Å². The van der Waals surface area contributed by atoms with Crippen molar-refractivity contribution in [2.75, 3.05) is 27.7 Å². The van der Waals surface area contributed by atoms with Crippen LogP contribution in [0.3, 0.4) is 0 Å². The third kappa shape index (κ3) is 3.28. The van der Waals surface area contributed by atoms with E-state index in [4.69, 9.17) is 4.74 Å². The van der Waals surface area contributed by atoms with E-state index in [0.29, 0.717) is 29.2 Å². The number of hydrogen-bond donors (Lipinski definition) is 0. The van der Waals surface area contributed by atoms with Crippen LogP contribution in [-0.2, 0) is 6.54 Å². The fraction of sp³-hybridized carbons (Fsp3) is 0.400. The number of likely N-dealkylation sites (N-methyl/N-ethyl adjacent to an activating group) is 1. The zero-order valence-corrected chi connectivity index (χ0v) is 12.8. The third-order valence-electron chi connectivity index (χ3n) is 3.25. The summed E-state index contributed by atoms with van der Waals surface area (Å²) in [4.78, 5) is 19.0. The maximum atomic E-state index is 12.8. The van der Waals surface area contributed by atoms with E-state index in [1.807, 2.05) is 25.9 Å². The van der Waals surface area contributed by atoms with E-state index in [0.717, 1.165) is 6.54 Å². The summed E-state index contributed by atoms with van der Waals surface area (Å²) in [5.74, 6) is 0.371. The van der Waals surface area contributed by atoms with Gasteiger partial charge >= 0.3 is 0 Å². The van der Waals surface area contributed by atoms with Gasteiger partial charge in [0.2, 0.25) is 5.78 Å². The molecule has 2 aromatic heterocycles. The van der Waals surface area contributed by atoms with Crippen LogP contribution in [0.25, 0.3) is 0 Å². The van der Waals surface area contributed by atoms with Crippen LogP contribution in [-0.4, -0.2) is 53.2 Å². The smallest absolute Gasteiger partial charge is 0.216 e. The van der Waals surface area contributed by atoms with Gasteiger partial charge in [-0.2, -0.15) is 5.10 Å². The van der Waals surface area contributed by atoms with Crippen LogP contribution < -0.4 is 4.74 Å². The highest BCUT2D eigenvalue weighted by Crippen LogP contribution is 2.22. The molecule has 0 unspecified atom stereocenters. The molecule has 2 aromatic rings. The van der Waals surface area contributed by atoms with Gasteiger partial charge in [0.05, 0.1) is 19.9 Å². The Morgan fingerprint density at radius 2 is 2.19 bits per heavy atom. The van der Waals surface area contributed by atoms with Crippen LogP contribution in [0.1, 0.15) is 21.7 Å². The van der Waals surface area contributed by atoms with Crippen molar-refractivity contribution in [3.63, 3.8) is 0 Å². The molecule has 6 heteroatoms. The van der Waals surface area contributed by atoms with Crippen molar-refractivity contribution >= 4 is 5.78 Å². The van der Waals surface area contributed by atoms with Gasteiger partial charge in [-0.25, -0.2) is 0 Å². The Kier molecular flexibility index (Phi) is 4.70. The van der Waals surface area contributed by atoms with Gasteiger partial charge < -0.3 is 9.64 Å². The van der Waals surface area contributed by atoms with Crippen molar-refractivity contribution in [3.05, 3.63) is 41.5 Å². The summed E-state index contributed by atoms with van der Waals surface area (Å²) in [6.45, 7) is 3.23. The predicted octanol–water partition coefficient (Wildman–Crippen LogP) is 1.39. The van der Waals surface area contributed by atoms with Gasteiger partial charge in [0, 0.05) is 24.0 Å². The molecule has 21 heavy (non-hydrogen) atoms. The zero-order chi connectivity index (χ0) is 15.4. The normalized spacial score (nSPS) is 10.9. The highest BCUT2D eigenvalue weighted by Gasteiger charge is 2.22. The van der Waals surface area contributed by atoms with Gasteiger partial charge in [0.15, 0.2) is 11.4 Å². The predicted molar refractivity (Wildman–Crippen MR) is 79.7 cm³/mol. The Labute approximate surface area is 124 Å². The number of aryl methyl sites for hydroxylation is 1. The van der Waals surface area contributed by atoms with Crippen molar-refractivity contribution in [2.45, 2.75) is 13.5 Å². The molecular formula is C15H20N4O2. The molecule has 2 heterocycles. The highest BCUT2D eigenvalue weighted by atomic mass is 16.5. The zero-order valence-electron chi connectivity index (χ0n) is 12.8. The number of pyridine rings is 1. The van der Waals surface area contributed by atoms with Crippen molar-refractivity contribution in [1.82, 2.24) is 19.7 Å². The molecule has 0 spiro atoms. The lowest BCUT2D eigenvalue weighted by Crippen LogP contribution is -2.22. The maximum Gasteiger partial charge on any atom is 0.216 e. The van der Waals surface area contributed by atoms with Crippen molar-refractivity contribution in [2.24, 2.45) is 0 Å². The molecule has 0 N–H and O–H groups in total. The summed E-state index contributed by atoms with van der Waals surface area (Å²) in [5, 5.41) is 4.26. The summed E-state index contributed by atoms with van der Waals surface area (Å²) in [6, 6.07) is 3.53. The minimum Gasteiger partial charge on any atom is -0.493 e. The van der Waals surface area contributed by atoms with Gasteiger partial charge in [-0.05, 0) is 33.2 Å². The molecular weight excluding hydrogens is 268 g/mol. The average molecular weight is 288 g/mol. The van der Waals surface area contributed by atoms with Crippen LogP contribution in [0, 0.1) is 6.92 Å². The number of aromatic nitrogens is 3. The SMILES string of the molecule is COc1cnn(CCN(C)C)c1C(=O)c1cccnc1C. The van der Waals surface area contributed by atoms with Crippen LogP contribution in [0.4, 0.5) is 0 Å². The molecule has 0 amide bonds. The van der Waals surface area contributed by atoms with E-state index in [9.17, 15) is 4.79 Å². The van der Waals surface area contributed by atoms with Crippen LogP contribution in [0.2, 0.25) is 0 Å². The van der Waals surface area contributed by atoms with E-state index in [1.54, 1.807) is 36.3 Å². The number of carbonyl (C=O) groups excluding carboxylic acids is 1. The quantitative estimate of drug-likeness (QED) is 0.752. The molecule has 0 saturated heterocycles. The second kappa shape index (κ2) is 6.49. The number of nitrogens with zero attached hydrogens (tertiary/aromatic N) is 4. The number of ketones is 1. The summed E-state index contributed by atoms with van der Waals surface area (Å²) in [5.41, 5.74) is 1.74.